The van der Waals surface area contributed by atoms with Crippen LogP contribution >= 0.6 is 23.5 Å². The van der Waals surface area contributed by atoms with E-state index >= 15 is 0 Å². The molecule has 1 atom stereocenters. The molecule has 1 N–H and O–H groups in total. The Bertz CT molecular complexity index is 431. The number of nitrogens with zero attached hydrogens (tertiary/aromatic N) is 2. The highest BCUT2D eigenvalue weighted by Crippen LogP contribution is 2.35. The zero-order valence-corrected chi connectivity index (χ0v) is 13.2. The van der Waals surface area contributed by atoms with Crippen molar-refractivity contribution in [3.63, 3.8) is 0 Å². The minimum Gasteiger partial charge on any atom is -0.310 e. The quantitative estimate of drug-likeness (QED) is 0.924. The SMILES string of the molecule is Cc1nc(C2CSCCS2)nc(C)c1CNC1CC1. The first-order valence-corrected chi connectivity index (χ1v) is 9.21. The van der Waals surface area contributed by atoms with Gasteiger partial charge < -0.3 is 5.32 Å². The molecule has 0 bridgehead atoms. The number of thioether (sulfide) groups is 2. The largest absolute Gasteiger partial charge is 0.310 e. The average molecular weight is 295 g/mol. The molecule has 1 aromatic rings. The highest BCUT2D eigenvalue weighted by atomic mass is 32.2. The van der Waals surface area contributed by atoms with E-state index < -0.39 is 0 Å². The fraction of sp³-hybridized carbons (Fsp3) is 0.714. The Morgan fingerprint density at radius 2 is 1.89 bits per heavy atom. The summed E-state index contributed by atoms with van der Waals surface area (Å²) in [4.78, 5) is 9.54. The van der Waals surface area contributed by atoms with Crippen molar-refractivity contribution in [1.29, 1.82) is 0 Å². The molecule has 0 amide bonds. The molecule has 0 spiro atoms. The van der Waals surface area contributed by atoms with Crippen molar-refractivity contribution in [2.24, 2.45) is 0 Å². The first-order valence-electron chi connectivity index (χ1n) is 7.01. The molecule has 1 saturated heterocycles. The number of aryl methyl sites for hydroxylation is 2. The molecular formula is C14H21N3S2. The van der Waals surface area contributed by atoms with Gasteiger partial charge in [0.15, 0.2) is 0 Å². The summed E-state index contributed by atoms with van der Waals surface area (Å²) in [6.45, 7) is 5.18. The van der Waals surface area contributed by atoms with Crippen molar-refractivity contribution < 1.29 is 0 Å². The van der Waals surface area contributed by atoms with Crippen molar-refractivity contribution in [3.8, 4) is 0 Å². The van der Waals surface area contributed by atoms with E-state index in [-0.39, 0.29) is 0 Å². The molecule has 1 aromatic heterocycles. The fourth-order valence-corrected chi connectivity index (χ4v) is 4.93. The summed E-state index contributed by atoms with van der Waals surface area (Å²) < 4.78 is 0. The molecule has 2 fully saturated rings. The summed E-state index contributed by atoms with van der Waals surface area (Å²) in [6.07, 6.45) is 2.65. The van der Waals surface area contributed by atoms with Crippen LogP contribution in [-0.2, 0) is 6.54 Å². The van der Waals surface area contributed by atoms with Crippen LogP contribution in [0.2, 0.25) is 0 Å². The van der Waals surface area contributed by atoms with Gasteiger partial charge in [-0.3, -0.25) is 0 Å². The number of rotatable bonds is 4. The molecule has 1 unspecified atom stereocenters. The van der Waals surface area contributed by atoms with Crippen molar-refractivity contribution in [2.75, 3.05) is 17.3 Å². The number of nitrogens with one attached hydrogen (secondary N) is 1. The van der Waals surface area contributed by atoms with Crippen LogP contribution in [0.25, 0.3) is 0 Å². The van der Waals surface area contributed by atoms with E-state index in [0.29, 0.717) is 5.25 Å². The van der Waals surface area contributed by atoms with Gasteiger partial charge in [0.1, 0.15) is 5.82 Å². The van der Waals surface area contributed by atoms with Crippen LogP contribution in [0.3, 0.4) is 0 Å². The van der Waals surface area contributed by atoms with Crippen LogP contribution in [0.15, 0.2) is 0 Å². The van der Waals surface area contributed by atoms with E-state index in [9.17, 15) is 0 Å². The van der Waals surface area contributed by atoms with Crippen LogP contribution in [0.5, 0.6) is 0 Å². The first kappa shape index (κ1) is 13.7. The van der Waals surface area contributed by atoms with E-state index in [2.05, 4.69) is 19.2 Å². The van der Waals surface area contributed by atoms with Crippen molar-refractivity contribution >= 4 is 23.5 Å². The Hall–Kier alpha value is -0.260. The molecule has 3 rings (SSSR count). The Morgan fingerprint density at radius 3 is 2.47 bits per heavy atom. The molecule has 0 aromatic carbocycles. The van der Waals surface area contributed by atoms with Gasteiger partial charge in [-0.2, -0.15) is 11.8 Å². The zero-order chi connectivity index (χ0) is 13.2. The second-order valence-corrected chi connectivity index (χ2v) is 7.78. The minimum atomic E-state index is 0.488. The molecule has 19 heavy (non-hydrogen) atoms. The molecule has 104 valence electrons. The third-order valence-electron chi connectivity index (χ3n) is 3.69. The van der Waals surface area contributed by atoms with E-state index in [1.165, 1.54) is 29.9 Å². The summed E-state index contributed by atoms with van der Waals surface area (Å²) in [5, 5.41) is 4.05. The second kappa shape index (κ2) is 6.02. The normalized spacial score (nSPS) is 23.6. The molecule has 0 radical (unpaired) electrons. The predicted molar refractivity (Wildman–Crippen MR) is 83.9 cm³/mol. The van der Waals surface area contributed by atoms with Crippen molar-refractivity contribution in [1.82, 2.24) is 15.3 Å². The molecule has 2 aliphatic rings. The van der Waals surface area contributed by atoms with Gasteiger partial charge >= 0.3 is 0 Å². The standard InChI is InChI=1S/C14H21N3S2/c1-9-12(7-15-11-3-4-11)10(2)17-14(16-9)13-8-18-5-6-19-13/h11,13,15H,3-8H2,1-2H3. The van der Waals surface area contributed by atoms with Crippen molar-refractivity contribution in [2.45, 2.75) is 44.5 Å². The Labute approximate surface area is 123 Å². The first-order chi connectivity index (χ1) is 9.24. The van der Waals surface area contributed by atoms with Gasteiger partial charge in [-0.1, -0.05) is 0 Å². The smallest absolute Gasteiger partial charge is 0.142 e. The van der Waals surface area contributed by atoms with Crippen molar-refractivity contribution in [3.05, 3.63) is 22.8 Å². The predicted octanol–water partition coefficient (Wildman–Crippen LogP) is 2.87. The van der Waals surface area contributed by atoms with Gasteiger partial charge in [0.25, 0.3) is 0 Å². The summed E-state index contributed by atoms with van der Waals surface area (Å²) in [5.41, 5.74) is 3.61. The number of hydrogen-bond donors (Lipinski definition) is 1. The van der Waals surface area contributed by atoms with Crippen LogP contribution in [0.4, 0.5) is 0 Å². The van der Waals surface area contributed by atoms with Gasteiger partial charge in [0, 0.05) is 46.8 Å². The van der Waals surface area contributed by atoms with Gasteiger partial charge in [0.05, 0.1) is 5.25 Å². The summed E-state index contributed by atoms with van der Waals surface area (Å²) in [5.74, 6) is 4.69. The maximum Gasteiger partial charge on any atom is 0.142 e. The molecule has 1 aliphatic carbocycles. The highest BCUT2D eigenvalue weighted by molar-refractivity contribution is 8.06. The lowest BCUT2D eigenvalue weighted by Gasteiger charge is -2.21. The fourth-order valence-electron chi connectivity index (χ4n) is 2.34. The number of hydrogen-bond acceptors (Lipinski definition) is 5. The van der Waals surface area contributed by atoms with Gasteiger partial charge in [-0.05, 0) is 26.7 Å². The van der Waals surface area contributed by atoms with E-state index in [0.717, 1.165) is 35.6 Å². The number of aromatic nitrogens is 2. The molecule has 2 heterocycles. The average Bonchev–Trinajstić information content (AvgIpc) is 3.23. The third-order valence-corrected chi connectivity index (χ3v) is 6.44. The van der Waals surface area contributed by atoms with Gasteiger partial charge in [-0.25, -0.2) is 9.97 Å². The van der Waals surface area contributed by atoms with E-state index in [4.69, 9.17) is 9.97 Å². The lowest BCUT2D eigenvalue weighted by Crippen LogP contribution is -2.19. The molecule has 1 aliphatic heterocycles. The van der Waals surface area contributed by atoms with Crippen LogP contribution in [0, 0.1) is 13.8 Å². The zero-order valence-electron chi connectivity index (χ0n) is 11.6. The Kier molecular flexibility index (Phi) is 4.34. The Balaban J connectivity index is 1.75. The lowest BCUT2D eigenvalue weighted by molar-refractivity contribution is 0.671. The molecular weight excluding hydrogens is 274 g/mol. The summed E-state index contributed by atoms with van der Waals surface area (Å²) in [6, 6.07) is 0.740. The monoisotopic (exact) mass is 295 g/mol. The second-order valence-electron chi connectivity index (χ2n) is 5.32. The maximum absolute atomic E-state index is 4.77. The van der Waals surface area contributed by atoms with E-state index in [1.54, 1.807) is 0 Å². The van der Waals surface area contributed by atoms with Gasteiger partial charge in [0.2, 0.25) is 0 Å². The van der Waals surface area contributed by atoms with Crippen LogP contribution in [-0.4, -0.2) is 33.3 Å². The highest BCUT2D eigenvalue weighted by Gasteiger charge is 2.23. The molecule has 5 heteroatoms. The summed E-state index contributed by atoms with van der Waals surface area (Å²) >= 11 is 4.03. The lowest BCUT2D eigenvalue weighted by atomic mass is 10.1. The van der Waals surface area contributed by atoms with Crippen LogP contribution in [0.1, 0.15) is 40.9 Å². The topological polar surface area (TPSA) is 37.8 Å². The Morgan fingerprint density at radius 1 is 1.16 bits per heavy atom. The molecule has 1 saturated carbocycles. The maximum atomic E-state index is 4.77. The van der Waals surface area contributed by atoms with Gasteiger partial charge in [-0.15, -0.1) is 11.8 Å². The van der Waals surface area contributed by atoms with E-state index in [1.807, 2.05) is 23.5 Å². The minimum absolute atomic E-state index is 0.488. The third kappa shape index (κ3) is 3.44. The van der Waals surface area contributed by atoms with Crippen LogP contribution < -0.4 is 5.32 Å². The molecule has 3 nitrogen and oxygen atoms in total. The summed E-state index contributed by atoms with van der Waals surface area (Å²) in [7, 11) is 0.